The molecule has 4 nitrogen and oxygen atoms in total. The van der Waals surface area contributed by atoms with Gasteiger partial charge in [-0.05, 0) is 6.07 Å². The minimum atomic E-state index is -0.486. The average molecular weight is 217 g/mol. The third-order valence-corrected chi connectivity index (χ3v) is 3.11. The maximum absolute atomic E-state index is 11.2. The van der Waals surface area contributed by atoms with Crippen molar-refractivity contribution >= 4 is 33.2 Å². The Hall–Kier alpha value is -1.07. The summed E-state index contributed by atoms with van der Waals surface area (Å²) in [5.74, 6) is 0.348. The second-order valence-corrected chi connectivity index (χ2v) is 3.90. The summed E-state index contributed by atoms with van der Waals surface area (Å²) < 4.78 is 0. The topological polar surface area (TPSA) is 65.7 Å². The monoisotopic (exact) mass is 216 g/mol. The molecule has 0 spiro atoms. The maximum Gasteiger partial charge on any atom is 0.326 e. The van der Waals surface area contributed by atoms with Gasteiger partial charge in [-0.1, -0.05) is 0 Å². The summed E-state index contributed by atoms with van der Waals surface area (Å²) in [6.07, 6.45) is 0. The second kappa shape index (κ2) is 3.01. The predicted molar refractivity (Wildman–Crippen MR) is 52.6 cm³/mol. The number of fused-ring (bicyclic) bond motifs is 1. The van der Waals surface area contributed by atoms with E-state index in [4.69, 9.17) is 11.6 Å². The molecule has 6 heteroatoms. The van der Waals surface area contributed by atoms with Gasteiger partial charge >= 0.3 is 5.69 Å². The van der Waals surface area contributed by atoms with Gasteiger partial charge in [0.25, 0.3) is 5.56 Å². The van der Waals surface area contributed by atoms with E-state index >= 15 is 0 Å². The molecule has 0 atom stereocenters. The highest BCUT2D eigenvalue weighted by Gasteiger charge is 2.05. The van der Waals surface area contributed by atoms with Crippen molar-refractivity contribution in [2.75, 3.05) is 0 Å². The van der Waals surface area contributed by atoms with Crippen LogP contribution in [0.3, 0.4) is 0 Å². The smallest absolute Gasteiger partial charge is 0.298 e. The maximum atomic E-state index is 11.2. The zero-order valence-electron chi connectivity index (χ0n) is 6.39. The molecule has 0 saturated carbocycles. The van der Waals surface area contributed by atoms with Crippen LogP contribution in [0, 0.1) is 0 Å². The molecule has 0 aliphatic carbocycles. The molecule has 0 unspecified atom stereocenters. The van der Waals surface area contributed by atoms with Gasteiger partial charge in [0.2, 0.25) is 0 Å². The Bertz CT molecular complexity index is 553. The van der Waals surface area contributed by atoms with E-state index in [-0.39, 0.29) is 5.56 Å². The number of aromatic amines is 2. The fourth-order valence-corrected chi connectivity index (χ4v) is 2.21. The first-order valence-electron chi connectivity index (χ1n) is 3.51. The second-order valence-electron chi connectivity index (χ2n) is 2.50. The van der Waals surface area contributed by atoms with Crippen LogP contribution in [0.5, 0.6) is 0 Å². The van der Waals surface area contributed by atoms with Crippen molar-refractivity contribution in [3.63, 3.8) is 0 Å². The Kier molecular flexibility index (Phi) is 1.97. The SMILES string of the molecule is O=c1[nH]c(=O)c2cc(CCl)sc2[nH]1. The van der Waals surface area contributed by atoms with Crippen molar-refractivity contribution in [2.45, 2.75) is 5.88 Å². The van der Waals surface area contributed by atoms with E-state index in [1.807, 2.05) is 0 Å². The predicted octanol–water partition coefficient (Wildman–Crippen LogP) is 1.02. The first-order valence-corrected chi connectivity index (χ1v) is 4.87. The molecule has 2 aromatic rings. The zero-order valence-corrected chi connectivity index (χ0v) is 7.96. The number of hydrogen-bond acceptors (Lipinski definition) is 3. The van der Waals surface area contributed by atoms with Crippen LogP contribution in [0.4, 0.5) is 0 Å². The third kappa shape index (κ3) is 1.40. The molecule has 0 bridgehead atoms. The molecule has 68 valence electrons. The fourth-order valence-electron chi connectivity index (χ4n) is 1.07. The molecule has 2 heterocycles. The molecule has 0 aromatic carbocycles. The van der Waals surface area contributed by atoms with E-state index in [0.717, 1.165) is 4.88 Å². The van der Waals surface area contributed by atoms with Crippen LogP contribution in [0.1, 0.15) is 4.88 Å². The normalized spacial score (nSPS) is 10.8. The van der Waals surface area contributed by atoms with Crippen molar-refractivity contribution < 1.29 is 0 Å². The average Bonchev–Trinajstić information content (AvgIpc) is 2.47. The van der Waals surface area contributed by atoms with Crippen molar-refractivity contribution in [1.29, 1.82) is 0 Å². The summed E-state index contributed by atoms with van der Waals surface area (Å²) in [6.45, 7) is 0. The lowest BCUT2D eigenvalue weighted by atomic mass is 10.4. The minimum Gasteiger partial charge on any atom is -0.298 e. The number of rotatable bonds is 1. The minimum absolute atomic E-state index is 0.348. The Morgan fingerprint density at radius 3 is 2.85 bits per heavy atom. The molecule has 13 heavy (non-hydrogen) atoms. The molecule has 0 aliphatic rings. The molecule has 0 amide bonds. The molecule has 2 rings (SSSR count). The number of nitrogens with one attached hydrogen (secondary N) is 2. The summed E-state index contributed by atoms with van der Waals surface area (Å²) in [4.78, 5) is 28.2. The molecule has 0 radical (unpaired) electrons. The summed E-state index contributed by atoms with van der Waals surface area (Å²) in [7, 11) is 0. The van der Waals surface area contributed by atoms with Crippen LogP contribution in [0.15, 0.2) is 15.7 Å². The van der Waals surface area contributed by atoms with E-state index in [1.54, 1.807) is 6.07 Å². The molecular formula is C7H5ClN2O2S. The van der Waals surface area contributed by atoms with E-state index in [1.165, 1.54) is 11.3 Å². The first kappa shape index (κ1) is 8.52. The van der Waals surface area contributed by atoms with Gasteiger partial charge < -0.3 is 0 Å². The van der Waals surface area contributed by atoms with Gasteiger partial charge in [0.1, 0.15) is 4.83 Å². The number of halogens is 1. The highest BCUT2D eigenvalue weighted by Crippen LogP contribution is 2.20. The lowest BCUT2D eigenvalue weighted by Gasteiger charge is -1.84. The molecule has 0 saturated heterocycles. The molecule has 2 aromatic heterocycles. The molecule has 0 fully saturated rings. The standard InChI is InChI=1S/C7H5ClN2O2S/c8-2-3-1-4-5(11)9-7(12)10-6(4)13-3/h1H,2H2,(H2,9,10,11,12). The quantitative estimate of drug-likeness (QED) is 0.699. The van der Waals surface area contributed by atoms with Gasteiger partial charge in [0.05, 0.1) is 11.3 Å². The number of hydrogen-bond donors (Lipinski definition) is 2. The van der Waals surface area contributed by atoms with Crippen LogP contribution in [-0.4, -0.2) is 9.97 Å². The lowest BCUT2D eigenvalue weighted by Crippen LogP contribution is -2.20. The summed E-state index contributed by atoms with van der Waals surface area (Å²) >= 11 is 6.91. The number of thiophene rings is 1. The van der Waals surface area contributed by atoms with E-state index in [2.05, 4.69) is 9.97 Å². The van der Waals surface area contributed by atoms with E-state index in [9.17, 15) is 9.59 Å². The van der Waals surface area contributed by atoms with Gasteiger partial charge in [-0.25, -0.2) is 4.79 Å². The van der Waals surface area contributed by atoms with Crippen molar-refractivity contribution in [2.24, 2.45) is 0 Å². The number of H-pyrrole nitrogens is 2. The van der Waals surface area contributed by atoms with Gasteiger partial charge in [-0.15, -0.1) is 22.9 Å². The summed E-state index contributed by atoms with van der Waals surface area (Å²) in [5, 5.41) is 0.486. The highest BCUT2D eigenvalue weighted by atomic mass is 35.5. The Morgan fingerprint density at radius 1 is 1.38 bits per heavy atom. The Balaban J connectivity index is 2.91. The fraction of sp³-hybridized carbons (Fsp3) is 0.143. The van der Waals surface area contributed by atoms with Crippen molar-refractivity contribution in [1.82, 2.24) is 9.97 Å². The van der Waals surface area contributed by atoms with Crippen molar-refractivity contribution in [3.8, 4) is 0 Å². The first-order chi connectivity index (χ1) is 6.20. The molecule has 0 aliphatic heterocycles. The molecular weight excluding hydrogens is 212 g/mol. The van der Waals surface area contributed by atoms with Gasteiger partial charge in [-0.3, -0.25) is 14.8 Å². The van der Waals surface area contributed by atoms with Crippen molar-refractivity contribution in [3.05, 3.63) is 31.8 Å². The molecule has 2 N–H and O–H groups in total. The largest absolute Gasteiger partial charge is 0.326 e. The van der Waals surface area contributed by atoms with Gasteiger partial charge in [0.15, 0.2) is 0 Å². The third-order valence-electron chi connectivity index (χ3n) is 1.61. The Morgan fingerprint density at radius 2 is 2.15 bits per heavy atom. The Labute approximate surface area is 81.2 Å². The van der Waals surface area contributed by atoms with Gasteiger partial charge in [-0.2, -0.15) is 0 Å². The van der Waals surface area contributed by atoms with Crippen LogP contribution >= 0.6 is 22.9 Å². The summed E-state index contributed by atoms with van der Waals surface area (Å²) in [6, 6.07) is 1.68. The van der Waals surface area contributed by atoms with Crippen LogP contribution in [0.2, 0.25) is 0 Å². The highest BCUT2D eigenvalue weighted by molar-refractivity contribution is 7.18. The number of alkyl halides is 1. The van der Waals surface area contributed by atoms with Crippen LogP contribution in [0.25, 0.3) is 10.2 Å². The number of aromatic nitrogens is 2. The van der Waals surface area contributed by atoms with E-state index < -0.39 is 5.69 Å². The van der Waals surface area contributed by atoms with E-state index in [0.29, 0.717) is 16.1 Å². The van der Waals surface area contributed by atoms with Gasteiger partial charge in [0, 0.05) is 4.88 Å². The van der Waals surface area contributed by atoms with Crippen LogP contribution < -0.4 is 11.2 Å². The van der Waals surface area contributed by atoms with Crippen LogP contribution in [-0.2, 0) is 5.88 Å². The summed E-state index contributed by atoms with van der Waals surface area (Å²) in [5.41, 5.74) is -0.855. The lowest BCUT2D eigenvalue weighted by molar-refractivity contribution is 1.09. The zero-order chi connectivity index (χ0) is 9.42.